The van der Waals surface area contributed by atoms with E-state index in [2.05, 4.69) is 17.2 Å². The van der Waals surface area contributed by atoms with E-state index < -0.39 is 0 Å². The van der Waals surface area contributed by atoms with E-state index in [1.807, 2.05) is 30.3 Å². The molecule has 0 saturated carbocycles. The summed E-state index contributed by atoms with van der Waals surface area (Å²) in [6, 6.07) is 10.3. The van der Waals surface area contributed by atoms with Crippen LogP contribution in [-0.2, 0) is 4.74 Å². The van der Waals surface area contributed by atoms with Crippen LogP contribution >= 0.6 is 0 Å². The Bertz CT molecular complexity index is 511. The van der Waals surface area contributed by atoms with Crippen molar-refractivity contribution >= 4 is 10.9 Å². The predicted octanol–water partition coefficient (Wildman–Crippen LogP) is 2.24. The van der Waals surface area contributed by atoms with Crippen molar-refractivity contribution in [2.45, 2.75) is 13.0 Å². The average molecular weight is 260 g/mol. The standard InChI is InChI=1S/C15H20N2O2/c1-12(11-18-2)16-9-10-19-14-7-3-5-13-6-4-8-17-15(13)14/h3-8,12,16H,9-11H2,1-2H3. The molecular formula is C15H20N2O2. The third-order valence-corrected chi connectivity index (χ3v) is 2.86. The lowest BCUT2D eigenvalue weighted by Gasteiger charge is -2.13. The van der Waals surface area contributed by atoms with Crippen molar-refractivity contribution in [1.82, 2.24) is 10.3 Å². The van der Waals surface area contributed by atoms with Crippen LogP contribution in [0.5, 0.6) is 5.75 Å². The first kappa shape index (κ1) is 13.8. The van der Waals surface area contributed by atoms with Gasteiger partial charge < -0.3 is 14.8 Å². The van der Waals surface area contributed by atoms with Crippen LogP contribution in [0, 0.1) is 0 Å². The molecule has 2 rings (SSSR count). The van der Waals surface area contributed by atoms with Crippen molar-refractivity contribution in [1.29, 1.82) is 0 Å². The van der Waals surface area contributed by atoms with Crippen molar-refractivity contribution < 1.29 is 9.47 Å². The lowest BCUT2D eigenvalue weighted by Crippen LogP contribution is -2.33. The molecule has 0 amide bonds. The molecule has 1 aromatic heterocycles. The second-order valence-electron chi connectivity index (χ2n) is 4.49. The van der Waals surface area contributed by atoms with Gasteiger partial charge >= 0.3 is 0 Å². The number of ether oxygens (including phenoxy) is 2. The Morgan fingerprint density at radius 2 is 2.11 bits per heavy atom. The van der Waals surface area contributed by atoms with Gasteiger partial charge in [0.2, 0.25) is 0 Å². The fourth-order valence-electron chi connectivity index (χ4n) is 1.97. The van der Waals surface area contributed by atoms with Crippen molar-refractivity contribution in [3.8, 4) is 5.75 Å². The van der Waals surface area contributed by atoms with Gasteiger partial charge in [0.25, 0.3) is 0 Å². The number of rotatable bonds is 7. The molecule has 4 heteroatoms. The Kier molecular flexibility index (Phi) is 5.12. The molecular weight excluding hydrogens is 240 g/mol. The number of benzene rings is 1. The molecule has 2 aromatic rings. The van der Waals surface area contributed by atoms with Crippen LogP contribution in [0.15, 0.2) is 36.5 Å². The Labute approximate surface area is 113 Å². The highest BCUT2D eigenvalue weighted by Crippen LogP contribution is 2.22. The number of methoxy groups -OCH3 is 1. The number of para-hydroxylation sites is 1. The summed E-state index contributed by atoms with van der Waals surface area (Å²) in [6.45, 7) is 4.19. The maximum atomic E-state index is 5.78. The molecule has 0 aliphatic carbocycles. The third kappa shape index (κ3) is 3.91. The molecule has 1 heterocycles. The smallest absolute Gasteiger partial charge is 0.145 e. The summed E-state index contributed by atoms with van der Waals surface area (Å²) in [4.78, 5) is 4.36. The molecule has 1 atom stereocenters. The van der Waals surface area contributed by atoms with E-state index in [9.17, 15) is 0 Å². The zero-order chi connectivity index (χ0) is 13.5. The van der Waals surface area contributed by atoms with Crippen molar-refractivity contribution in [2.75, 3.05) is 26.9 Å². The molecule has 0 saturated heterocycles. The summed E-state index contributed by atoms with van der Waals surface area (Å²) in [5.74, 6) is 0.833. The fraction of sp³-hybridized carbons (Fsp3) is 0.400. The largest absolute Gasteiger partial charge is 0.490 e. The van der Waals surface area contributed by atoms with Gasteiger partial charge in [-0.15, -0.1) is 0 Å². The van der Waals surface area contributed by atoms with E-state index >= 15 is 0 Å². The van der Waals surface area contributed by atoms with Gasteiger partial charge in [-0.3, -0.25) is 4.98 Å². The maximum absolute atomic E-state index is 5.78. The summed E-state index contributed by atoms with van der Waals surface area (Å²) in [5, 5.41) is 4.43. The zero-order valence-electron chi connectivity index (χ0n) is 11.4. The van der Waals surface area contributed by atoms with Crippen LogP contribution in [0.3, 0.4) is 0 Å². The van der Waals surface area contributed by atoms with Crippen LogP contribution in [0.2, 0.25) is 0 Å². The number of nitrogens with one attached hydrogen (secondary N) is 1. The van der Waals surface area contributed by atoms with Crippen LogP contribution in [0.4, 0.5) is 0 Å². The molecule has 1 N–H and O–H groups in total. The lowest BCUT2D eigenvalue weighted by atomic mass is 10.2. The van der Waals surface area contributed by atoms with Gasteiger partial charge in [-0.1, -0.05) is 18.2 Å². The minimum Gasteiger partial charge on any atom is -0.490 e. The Morgan fingerprint density at radius 3 is 2.95 bits per heavy atom. The minimum atomic E-state index is 0.333. The summed E-state index contributed by atoms with van der Waals surface area (Å²) in [5.41, 5.74) is 0.912. The molecule has 19 heavy (non-hydrogen) atoms. The van der Waals surface area contributed by atoms with Gasteiger partial charge in [-0.05, 0) is 19.1 Å². The minimum absolute atomic E-state index is 0.333. The first-order chi connectivity index (χ1) is 9.31. The molecule has 1 aromatic carbocycles. The summed E-state index contributed by atoms with van der Waals surface area (Å²) < 4.78 is 10.8. The fourth-order valence-corrected chi connectivity index (χ4v) is 1.97. The molecule has 1 unspecified atom stereocenters. The highest BCUT2D eigenvalue weighted by molar-refractivity contribution is 5.84. The topological polar surface area (TPSA) is 43.4 Å². The van der Waals surface area contributed by atoms with Gasteiger partial charge in [0.05, 0.1) is 6.61 Å². The SMILES string of the molecule is COCC(C)NCCOc1cccc2cccnc12. The number of nitrogens with zero attached hydrogens (tertiary/aromatic N) is 1. The summed E-state index contributed by atoms with van der Waals surface area (Å²) in [7, 11) is 1.70. The number of fused-ring (bicyclic) bond motifs is 1. The number of hydrogen-bond acceptors (Lipinski definition) is 4. The molecule has 0 aliphatic rings. The second kappa shape index (κ2) is 7.07. The van der Waals surface area contributed by atoms with Crippen LogP contribution in [0.25, 0.3) is 10.9 Å². The van der Waals surface area contributed by atoms with Gasteiger partial charge in [-0.2, -0.15) is 0 Å². The predicted molar refractivity (Wildman–Crippen MR) is 76.6 cm³/mol. The van der Waals surface area contributed by atoms with E-state index in [0.29, 0.717) is 19.3 Å². The van der Waals surface area contributed by atoms with Crippen molar-refractivity contribution in [3.05, 3.63) is 36.5 Å². The van der Waals surface area contributed by atoms with Crippen LogP contribution in [0.1, 0.15) is 6.92 Å². The molecule has 0 spiro atoms. The molecule has 0 aliphatic heterocycles. The maximum Gasteiger partial charge on any atom is 0.145 e. The molecule has 4 nitrogen and oxygen atoms in total. The van der Waals surface area contributed by atoms with E-state index in [4.69, 9.17) is 9.47 Å². The monoisotopic (exact) mass is 260 g/mol. The number of hydrogen-bond donors (Lipinski definition) is 1. The van der Waals surface area contributed by atoms with E-state index in [0.717, 1.165) is 23.2 Å². The number of pyridine rings is 1. The first-order valence-electron chi connectivity index (χ1n) is 6.50. The second-order valence-corrected chi connectivity index (χ2v) is 4.49. The third-order valence-electron chi connectivity index (χ3n) is 2.86. The Balaban J connectivity index is 1.88. The molecule has 0 fully saturated rings. The zero-order valence-corrected chi connectivity index (χ0v) is 11.4. The number of aromatic nitrogens is 1. The molecule has 102 valence electrons. The summed E-state index contributed by atoms with van der Waals surface area (Å²) in [6.07, 6.45) is 1.79. The lowest BCUT2D eigenvalue weighted by molar-refractivity contribution is 0.169. The normalized spacial score (nSPS) is 12.5. The molecule has 0 bridgehead atoms. The van der Waals surface area contributed by atoms with Gasteiger partial charge in [0, 0.05) is 31.3 Å². The van der Waals surface area contributed by atoms with E-state index in [1.165, 1.54) is 0 Å². The highest BCUT2D eigenvalue weighted by atomic mass is 16.5. The summed E-state index contributed by atoms with van der Waals surface area (Å²) >= 11 is 0. The Morgan fingerprint density at radius 1 is 1.26 bits per heavy atom. The van der Waals surface area contributed by atoms with Crippen LogP contribution < -0.4 is 10.1 Å². The van der Waals surface area contributed by atoms with Crippen molar-refractivity contribution in [3.63, 3.8) is 0 Å². The van der Waals surface area contributed by atoms with Gasteiger partial charge in [-0.25, -0.2) is 0 Å². The van der Waals surface area contributed by atoms with E-state index in [1.54, 1.807) is 13.3 Å². The van der Waals surface area contributed by atoms with E-state index in [-0.39, 0.29) is 0 Å². The van der Waals surface area contributed by atoms with Crippen molar-refractivity contribution in [2.24, 2.45) is 0 Å². The average Bonchev–Trinajstić information content (AvgIpc) is 2.44. The van der Waals surface area contributed by atoms with Gasteiger partial charge in [0.1, 0.15) is 17.9 Å². The van der Waals surface area contributed by atoms with Crippen LogP contribution in [-0.4, -0.2) is 37.9 Å². The Hall–Kier alpha value is -1.65. The van der Waals surface area contributed by atoms with Gasteiger partial charge in [0.15, 0.2) is 0 Å². The highest BCUT2D eigenvalue weighted by Gasteiger charge is 2.03. The molecule has 0 radical (unpaired) electrons. The first-order valence-corrected chi connectivity index (χ1v) is 6.50. The quantitative estimate of drug-likeness (QED) is 0.775.